The summed E-state index contributed by atoms with van der Waals surface area (Å²) in [7, 11) is 0. The summed E-state index contributed by atoms with van der Waals surface area (Å²) in [4.78, 5) is 0. The van der Waals surface area contributed by atoms with E-state index in [4.69, 9.17) is 10.8 Å². The van der Waals surface area contributed by atoms with Crippen LogP contribution >= 0.6 is 0 Å². The van der Waals surface area contributed by atoms with Crippen molar-refractivity contribution < 1.29 is 5.11 Å². The molecule has 2 heteroatoms. The molecule has 3 N–H and O–H groups in total. The molecule has 0 aromatic carbocycles. The van der Waals surface area contributed by atoms with Gasteiger partial charge in [-0.05, 0) is 18.8 Å². The smallest absolute Gasteiger partial charge is 0.0611 e. The lowest BCUT2D eigenvalue weighted by atomic mass is 9.78. The number of rotatable bonds is 1. The molecule has 1 rings (SSSR count). The van der Waals surface area contributed by atoms with Gasteiger partial charge in [-0.1, -0.05) is 19.8 Å². The molecule has 0 amide bonds. The Kier molecular flexibility index (Phi) is 2.32. The van der Waals surface area contributed by atoms with E-state index in [9.17, 15) is 0 Å². The molecule has 0 aromatic rings. The van der Waals surface area contributed by atoms with Gasteiger partial charge < -0.3 is 10.8 Å². The summed E-state index contributed by atoms with van der Waals surface area (Å²) >= 11 is 0. The lowest BCUT2D eigenvalue weighted by Crippen LogP contribution is -2.47. The highest BCUT2D eigenvalue weighted by atomic mass is 16.3. The van der Waals surface area contributed by atoms with Crippen LogP contribution in [0, 0.1) is 5.92 Å². The number of aliphatic hydroxyl groups excluding tert-OH is 1. The van der Waals surface area contributed by atoms with Crippen molar-refractivity contribution in [2.45, 2.75) is 38.1 Å². The number of hydrogen-bond donors (Lipinski definition) is 2. The van der Waals surface area contributed by atoms with E-state index in [2.05, 4.69) is 6.92 Å². The van der Waals surface area contributed by atoms with Gasteiger partial charge in [0.2, 0.25) is 0 Å². The molecule has 1 aliphatic carbocycles. The summed E-state index contributed by atoms with van der Waals surface area (Å²) in [6.07, 6.45) is 4.44. The first kappa shape index (κ1) is 8.02. The van der Waals surface area contributed by atoms with Crippen LogP contribution in [0.15, 0.2) is 0 Å². The highest BCUT2D eigenvalue weighted by Gasteiger charge is 2.29. The molecule has 2 atom stereocenters. The SMILES string of the molecule is C[C@@H]1CCC[C@@](N)(CO)C1. The summed E-state index contributed by atoms with van der Waals surface area (Å²) in [5, 5.41) is 8.94. The van der Waals surface area contributed by atoms with Crippen molar-refractivity contribution >= 4 is 0 Å². The lowest BCUT2D eigenvalue weighted by molar-refractivity contribution is 0.134. The summed E-state index contributed by atoms with van der Waals surface area (Å²) in [5.41, 5.74) is 5.65. The quantitative estimate of drug-likeness (QED) is 0.572. The molecule has 10 heavy (non-hydrogen) atoms. The van der Waals surface area contributed by atoms with Gasteiger partial charge in [0, 0.05) is 5.54 Å². The van der Waals surface area contributed by atoms with Crippen LogP contribution in [0.1, 0.15) is 32.6 Å². The number of nitrogens with two attached hydrogens (primary N) is 1. The minimum absolute atomic E-state index is 0.150. The molecule has 0 spiro atoms. The molecule has 0 heterocycles. The predicted octanol–water partition coefficient (Wildman–Crippen LogP) is 0.886. The second kappa shape index (κ2) is 2.89. The van der Waals surface area contributed by atoms with Crippen LogP contribution in [0.25, 0.3) is 0 Å². The Hall–Kier alpha value is -0.0800. The van der Waals surface area contributed by atoms with Gasteiger partial charge in [-0.25, -0.2) is 0 Å². The van der Waals surface area contributed by atoms with Gasteiger partial charge in [0.1, 0.15) is 0 Å². The predicted molar refractivity (Wildman–Crippen MR) is 41.6 cm³/mol. The van der Waals surface area contributed by atoms with Gasteiger partial charge in [-0.3, -0.25) is 0 Å². The first-order chi connectivity index (χ1) is 4.66. The molecular weight excluding hydrogens is 126 g/mol. The highest BCUT2D eigenvalue weighted by molar-refractivity contribution is 4.88. The molecule has 0 aliphatic heterocycles. The fourth-order valence-electron chi connectivity index (χ4n) is 1.84. The van der Waals surface area contributed by atoms with Crippen molar-refractivity contribution in [3.63, 3.8) is 0 Å². The third-order valence-corrected chi connectivity index (χ3v) is 2.44. The summed E-state index contributed by atoms with van der Waals surface area (Å²) < 4.78 is 0. The molecule has 0 aromatic heterocycles. The molecule has 1 aliphatic rings. The van der Waals surface area contributed by atoms with Crippen molar-refractivity contribution in [1.29, 1.82) is 0 Å². The lowest BCUT2D eigenvalue weighted by Gasteiger charge is -2.34. The second-order valence-electron chi connectivity index (χ2n) is 3.72. The zero-order chi connectivity index (χ0) is 7.61. The van der Waals surface area contributed by atoms with Gasteiger partial charge in [-0.2, -0.15) is 0 Å². The van der Waals surface area contributed by atoms with E-state index in [1.807, 2.05) is 0 Å². The average molecular weight is 143 g/mol. The zero-order valence-corrected chi connectivity index (χ0v) is 6.64. The number of hydrogen-bond acceptors (Lipinski definition) is 2. The monoisotopic (exact) mass is 143 g/mol. The Bertz CT molecular complexity index is 116. The zero-order valence-electron chi connectivity index (χ0n) is 6.64. The second-order valence-corrected chi connectivity index (χ2v) is 3.72. The fraction of sp³-hybridized carbons (Fsp3) is 1.00. The van der Waals surface area contributed by atoms with Crippen LogP contribution in [0.3, 0.4) is 0 Å². The normalized spacial score (nSPS) is 41.7. The van der Waals surface area contributed by atoms with Crippen LogP contribution in [0.2, 0.25) is 0 Å². The number of aliphatic hydroxyl groups is 1. The van der Waals surface area contributed by atoms with E-state index in [1.165, 1.54) is 12.8 Å². The van der Waals surface area contributed by atoms with Crippen LogP contribution in [0.4, 0.5) is 0 Å². The molecule has 0 unspecified atom stereocenters. The van der Waals surface area contributed by atoms with Crippen LogP contribution in [0.5, 0.6) is 0 Å². The highest BCUT2D eigenvalue weighted by Crippen LogP contribution is 2.29. The van der Waals surface area contributed by atoms with Gasteiger partial charge in [0.15, 0.2) is 0 Å². The maximum absolute atomic E-state index is 8.94. The molecule has 60 valence electrons. The summed E-state index contributed by atoms with van der Waals surface area (Å²) in [5.74, 6) is 0.700. The molecule has 0 bridgehead atoms. The third-order valence-electron chi connectivity index (χ3n) is 2.44. The van der Waals surface area contributed by atoms with Crippen molar-refractivity contribution in [3.8, 4) is 0 Å². The van der Waals surface area contributed by atoms with E-state index >= 15 is 0 Å². The fourth-order valence-corrected chi connectivity index (χ4v) is 1.84. The molecule has 2 nitrogen and oxygen atoms in total. The van der Waals surface area contributed by atoms with Gasteiger partial charge in [0.25, 0.3) is 0 Å². The van der Waals surface area contributed by atoms with Crippen molar-refractivity contribution in [2.75, 3.05) is 6.61 Å². The van der Waals surface area contributed by atoms with E-state index in [-0.39, 0.29) is 12.1 Å². The van der Waals surface area contributed by atoms with Crippen molar-refractivity contribution in [1.82, 2.24) is 0 Å². The Morgan fingerprint density at radius 1 is 1.70 bits per heavy atom. The average Bonchev–Trinajstić information content (AvgIpc) is 1.88. The van der Waals surface area contributed by atoms with Crippen LogP contribution in [-0.4, -0.2) is 17.3 Å². The first-order valence-corrected chi connectivity index (χ1v) is 4.06. The molecule has 0 saturated heterocycles. The van der Waals surface area contributed by atoms with Crippen molar-refractivity contribution in [2.24, 2.45) is 11.7 Å². The first-order valence-electron chi connectivity index (χ1n) is 4.06. The maximum Gasteiger partial charge on any atom is 0.0611 e. The molecule has 0 radical (unpaired) electrons. The van der Waals surface area contributed by atoms with E-state index in [0.717, 1.165) is 12.8 Å². The standard InChI is InChI=1S/C8H17NO/c1-7-3-2-4-8(9,5-7)6-10/h7,10H,2-6,9H2,1H3/t7-,8+/m1/s1. The largest absolute Gasteiger partial charge is 0.394 e. The van der Waals surface area contributed by atoms with Crippen LogP contribution < -0.4 is 5.73 Å². The van der Waals surface area contributed by atoms with Gasteiger partial charge in [-0.15, -0.1) is 0 Å². The van der Waals surface area contributed by atoms with Crippen molar-refractivity contribution in [3.05, 3.63) is 0 Å². The summed E-state index contributed by atoms with van der Waals surface area (Å²) in [6.45, 7) is 2.35. The Morgan fingerprint density at radius 2 is 2.40 bits per heavy atom. The van der Waals surface area contributed by atoms with E-state index in [0.29, 0.717) is 5.92 Å². The topological polar surface area (TPSA) is 46.2 Å². The van der Waals surface area contributed by atoms with Gasteiger partial charge >= 0.3 is 0 Å². The maximum atomic E-state index is 8.94. The van der Waals surface area contributed by atoms with E-state index in [1.54, 1.807) is 0 Å². The van der Waals surface area contributed by atoms with E-state index < -0.39 is 0 Å². The summed E-state index contributed by atoms with van der Waals surface area (Å²) in [6, 6.07) is 0. The molecule has 1 saturated carbocycles. The minimum Gasteiger partial charge on any atom is -0.394 e. The minimum atomic E-state index is -0.252. The molecular formula is C8H17NO. The Balaban J connectivity index is 2.45. The Morgan fingerprint density at radius 3 is 2.80 bits per heavy atom. The Labute approximate surface area is 62.4 Å². The third kappa shape index (κ3) is 1.70. The van der Waals surface area contributed by atoms with Crippen LogP contribution in [-0.2, 0) is 0 Å². The van der Waals surface area contributed by atoms with Gasteiger partial charge in [0.05, 0.1) is 6.61 Å². The molecule has 1 fully saturated rings.